The molecule has 0 aliphatic rings. The van der Waals surface area contributed by atoms with E-state index in [0.29, 0.717) is 18.1 Å². The van der Waals surface area contributed by atoms with E-state index < -0.39 is 0 Å². The summed E-state index contributed by atoms with van der Waals surface area (Å²) in [5.41, 5.74) is 0.586. The van der Waals surface area contributed by atoms with Gasteiger partial charge in [0.1, 0.15) is 5.82 Å². The molecule has 2 aromatic rings. The van der Waals surface area contributed by atoms with Crippen molar-refractivity contribution in [3.8, 4) is 5.69 Å². The van der Waals surface area contributed by atoms with Gasteiger partial charge in [0.05, 0.1) is 12.2 Å². The Balaban J connectivity index is 2.38. The van der Waals surface area contributed by atoms with Crippen LogP contribution in [0.1, 0.15) is 12.7 Å². The molecule has 0 aliphatic carbocycles. The molecule has 90 valence electrons. The minimum atomic E-state index is -0.326. The highest BCUT2D eigenvalue weighted by Crippen LogP contribution is 2.21. The molecule has 0 unspecified atom stereocenters. The van der Waals surface area contributed by atoms with Crippen LogP contribution < -0.4 is 5.32 Å². The molecule has 1 aromatic heterocycles. The lowest BCUT2D eigenvalue weighted by Gasteiger charge is -2.06. The van der Waals surface area contributed by atoms with Crippen molar-refractivity contribution < 1.29 is 4.39 Å². The molecular weight excluding hydrogens is 289 g/mol. The summed E-state index contributed by atoms with van der Waals surface area (Å²) in [4.78, 5) is 0. The van der Waals surface area contributed by atoms with Gasteiger partial charge in [-0.3, -0.25) is 0 Å². The maximum absolute atomic E-state index is 13.2. The van der Waals surface area contributed by atoms with Crippen LogP contribution in [0.2, 0.25) is 0 Å². The van der Waals surface area contributed by atoms with E-state index in [0.717, 1.165) is 11.0 Å². The number of aromatic nitrogens is 4. The van der Waals surface area contributed by atoms with Gasteiger partial charge in [-0.2, -0.15) is 4.68 Å². The average molecular weight is 300 g/mol. The average Bonchev–Trinajstić information content (AvgIpc) is 2.77. The molecule has 0 amide bonds. The SMILES string of the molecule is CCNCc1nnnn1-c1cc(F)ccc1Br. The maximum Gasteiger partial charge on any atom is 0.170 e. The van der Waals surface area contributed by atoms with E-state index in [1.54, 1.807) is 6.07 Å². The summed E-state index contributed by atoms with van der Waals surface area (Å²) in [5, 5.41) is 14.5. The van der Waals surface area contributed by atoms with Crippen LogP contribution in [0.3, 0.4) is 0 Å². The highest BCUT2D eigenvalue weighted by Gasteiger charge is 2.11. The van der Waals surface area contributed by atoms with Gasteiger partial charge in [-0.05, 0) is 45.0 Å². The minimum Gasteiger partial charge on any atom is -0.310 e. The number of nitrogens with one attached hydrogen (secondary N) is 1. The molecule has 17 heavy (non-hydrogen) atoms. The van der Waals surface area contributed by atoms with Gasteiger partial charge in [0.25, 0.3) is 0 Å². The van der Waals surface area contributed by atoms with Crippen molar-refractivity contribution in [3.63, 3.8) is 0 Å². The first-order chi connectivity index (χ1) is 8.22. The number of hydrogen-bond donors (Lipinski definition) is 1. The number of nitrogens with zero attached hydrogens (tertiary/aromatic N) is 4. The zero-order valence-corrected chi connectivity index (χ0v) is 10.8. The standard InChI is InChI=1S/C10H11BrFN5/c1-2-13-6-10-14-15-16-17(10)9-5-7(12)3-4-8(9)11/h3-5,13H,2,6H2,1H3. The molecule has 0 fully saturated rings. The van der Waals surface area contributed by atoms with Crippen molar-refractivity contribution in [2.75, 3.05) is 6.54 Å². The lowest BCUT2D eigenvalue weighted by molar-refractivity contribution is 0.620. The summed E-state index contributed by atoms with van der Waals surface area (Å²) in [6.45, 7) is 3.34. The molecule has 0 saturated carbocycles. The van der Waals surface area contributed by atoms with E-state index in [4.69, 9.17) is 0 Å². The predicted octanol–water partition coefficient (Wildman–Crippen LogP) is 1.67. The second-order valence-electron chi connectivity index (χ2n) is 3.38. The van der Waals surface area contributed by atoms with Gasteiger partial charge in [-0.15, -0.1) is 5.10 Å². The van der Waals surface area contributed by atoms with E-state index in [1.807, 2.05) is 6.92 Å². The third-order valence-corrected chi connectivity index (χ3v) is 2.87. The van der Waals surface area contributed by atoms with Crippen LogP contribution in [0.4, 0.5) is 4.39 Å². The molecule has 1 heterocycles. The van der Waals surface area contributed by atoms with Gasteiger partial charge >= 0.3 is 0 Å². The highest BCUT2D eigenvalue weighted by atomic mass is 79.9. The number of hydrogen-bond acceptors (Lipinski definition) is 4. The first-order valence-corrected chi connectivity index (χ1v) is 5.95. The van der Waals surface area contributed by atoms with Crippen molar-refractivity contribution in [1.82, 2.24) is 25.5 Å². The largest absolute Gasteiger partial charge is 0.310 e. The van der Waals surface area contributed by atoms with Gasteiger partial charge in [0.15, 0.2) is 5.82 Å². The predicted molar refractivity (Wildman–Crippen MR) is 64.2 cm³/mol. The van der Waals surface area contributed by atoms with Gasteiger partial charge in [-0.25, -0.2) is 4.39 Å². The Kier molecular flexibility index (Phi) is 3.80. The molecule has 0 spiro atoms. The summed E-state index contributed by atoms with van der Waals surface area (Å²) in [5.74, 6) is 0.311. The van der Waals surface area contributed by atoms with Gasteiger partial charge in [0, 0.05) is 10.5 Å². The lowest BCUT2D eigenvalue weighted by Crippen LogP contribution is -2.16. The Hall–Kier alpha value is -1.34. The number of rotatable bonds is 4. The topological polar surface area (TPSA) is 55.6 Å². The maximum atomic E-state index is 13.2. The first-order valence-electron chi connectivity index (χ1n) is 5.15. The van der Waals surface area contributed by atoms with Crippen LogP contribution in [0.5, 0.6) is 0 Å². The fourth-order valence-electron chi connectivity index (χ4n) is 1.39. The van der Waals surface area contributed by atoms with E-state index in [1.165, 1.54) is 16.8 Å². The summed E-state index contributed by atoms with van der Waals surface area (Å²) in [7, 11) is 0. The molecular formula is C10H11BrFN5. The van der Waals surface area contributed by atoms with Crippen molar-refractivity contribution in [1.29, 1.82) is 0 Å². The van der Waals surface area contributed by atoms with Crippen LogP contribution in [0, 0.1) is 5.82 Å². The van der Waals surface area contributed by atoms with Crippen LogP contribution >= 0.6 is 15.9 Å². The normalized spacial score (nSPS) is 10.8. The molecule has 0 atom stereocenters. The molecule has 0 bridgehead atoms. The Morgan fingerprint density at radius 3 is 3.06 bits per heavy atom. The van der Waals surface area contributed by atoms with Crippen LogP contribution in [-0.2, 0) is 6.54 Å². The third kappa shape index (κ3) is 2.67. The second-order valence-corrected chi connectivity index (χ2v) is 4.24. The zero-order chi connectivity index (χ0) is 12.3. The molecule has 7 heteroatoms. The molecule has 1 aromatic carbocycles. The number of halogens is 2. The van der Waals surface area contributed by atoms with E-state index in [-0.39, 0.29) is 5.82 Å². The highest BCUT2D eigenvalue weighted by molar-refractivity contribution is 9.10. The second kappa shape index (κ2) is 5.33. The summed E-state index contributed by atoms with van der Waals surface area (Å²) in [6, 6.07) is 4.39. The first kappa shape index (κ1) is 12.1. The summed E-state index contributed by atoms with van der Waals surface area (Å²) < 4.78 is 15.5. The van der Waals surface area contributed by atoms with Crippen molar-refractivity contribution >= 4 is 15.9 Å². The van der Waals surface area contributed by atoms with E-state index in [9.17, 15) is 4.39 Å². The smallest absolute Gasteiger partial charge is 0.170 e. The fraction of sp³-hybridized carbons (Fsp3) is 0.300. The van der Waals surface area contributed by atoms with Crippen LogP contribution in [0.15, 0.2) is 22.7 Å². The van der Waals surface area contributed by atoms with E-state index >= 15 is 0 Å². The fourth-order valence-corrected chi connectivity index (χ4v) is 1.80. The summed E-state index contributed by atoms with van der Waals surface area (Å²) >= 11 is 3.35. The van der Waals surface area contributed by atoms with E-state index in [2.05, 4.69) is 36.8 Å². The van der Waals surface area contributed by atoms with Crippen LogP contribution in [-0.4, -0.2) is 26.8 Å². The molecule has 5 nitrogen and oxygen atoms in total. The molecule has 0 radical (unpaired) electrons. The lowest BCUT2D eigenvalue weighted by atomic mass is 10.3. The Morgan fingerprint density at radius 2 is 2.29 bits per heavy atom. The third-order valence-electron chi connectivity index (χ3n) is 2.20. The quantitative estimate of drug-likeness (QED) is 0.933. The van der Waals surface area contributed by atoms with Crippen molar-refractivity contribution in [2.24, 2.45) is 0 Å². The molecule has 0 saturated heterocycles. The summed E-state index contributed by atoms with van der Waals surface area (Å²) in [6.07, 6.45) is 0. The number of tetrazole rings is 1. The zero-order valence-electron chi connectivity index (χ0n) is 9.19. The van der Waals surface area contributed by atoms with Gasteiger partial charge in [-0.1, -0.05) is 6.92 Å². The Labute approximate surface area is 106 Å². The molecule has 1 N–H and O–H groups in total. The van der Waals surface area contributed by atoms with Crippen molar-refractivity contribution in [2.45, 2.75) is 13.5 Å². The number of benzene rings is 1. The monoisotopic (exact) mass is 299 g/mol. The molecule has 2 rings (SSSR count). The van der Waals surface area contributed by atoms with Crippen molar-refractivity contribution in [3.05, 3.63) is 34.3 Å². The van der Waals surface area contributed by atoms with Gasteiger partial charge < -0.3 is 5.32 Å². The molecule has 0 aliphatic heterocycles. The van der Waals surface area contributed by atoms with Gasteiger partial charge in [0.2, 0.25) is 0 Å². The minimum absolute atomic E-state index is 0.326. The Bertz CT molecular complexity index is 513. The van der Waals surface area contributed by atoms with Crippen LogP contribution in [0.25, 0.3) is 5.69 Å². The Morgan fingerprint density at radius 1 is 1.47 bits per heavy atom.